The van der Waals surface area contributed by atoms with E-state index in [0.29, 0.717) is 0 Å². The van der Waals surface area contributed by atoms with Crippen LogP contribution in [0.1, 0.15) is 39.5 Å². The Morgan fingerprint density at radius 3 is 2.50 bits per heavy atom. The average Bonchev–Trinajstić information content (AvgIpc) is 2.70. The molecule has 1 rings (SSSR count). The lowest BCUT2D eigenvalue weighted by atomic mass is 9.91. The molecule has 1 unspecified atom stereocenters. The molecule has 1 atom stereocenters. The molecule has 0 bridgehead atoms. The van der Waals surface area contributed by atoms with E-state index >= 15 is 0 Å². The van der Waals surface area contributed by atoms with E-state index in [4.69, 9.17) is 0 Å². The summed E-state index contributed by atoms with van der Waals surface area (Å²) < 4.78 is 0. The first kappa shape index (κ1) is 7.84. The summed E-state index contributed by atoms with van der Waals surface area (Å²) in [6.07, 6.45) is 7.73. The molecule has 0 heteroatoms. The molecule has 0 N–H and O–H groups in total. The van der Waals surface area contributed by atoms with Crippen LogP contribution in [0.15, 0.2) is 12.7 Å². The van der Waals surface area contributed by atoms with Gasteiger partial charge >= 0.3 is 0 Å². The predicted octanol–water partition coefficient (Wildman–Crippen LogP) is 3.39. The molecule has 1 aliphatic rings. The minimum Gasteiger partial charge on any atom is -0.103 e. The third kappa shape index (κ3) is 1.62. The fourth-order valence-corrected chi connectivity index (χ4v) is 1.65. The molecule has 0 aromatic rings. The van der Waals surface area contributed by atoms with E-state index in [1.54, 1.807) is 0 Å². The highest BCUT2D eigenvalue weighted by atomic mass is 14.5. The molecule has 1 fully saturated rings. The third-order valence-corrected chi connectivity index (χ3v) is 2.86. The van der Waals surface area contributed by atoms with Crippen LogP contribution in [0.3, 0.4) is 0 Å². The van der Waals surface area contributed by atoms with E-state index in [1.165, 1.54) is 25.7 Å². The Kier molecular flexibility index (Phi) is 2.18. The summed E-state index contributed by atoms with van der Waals surface area (Å²) in [7, 11) is 0. The summed E-state index contributed by atoms with van der Waals surface area (Å²) >= 11 is 0. The monoisotopic (exact) mass is 138 g/mol. The van der Waals surface area contributed by atoms with Crippen LogP contribution in [-0.2, 0) is 0 Å². The number of rotatable bonds is 4. The number of hydrogen-bond acceptors (Lipinski definition) is 0. The Hall–Kier alpha value is -0.260. The minimum absolute atomic E-state index is 0.724. The topological polar surface area (TPSA) is 0 Å². The second kappa shape index (κ2) is 2.77. The van der Waals surface area contributed by atoms with E-state index in [1.807, 2.05) is 0 Å². The van der Waals surface area contributed by atoms with Crippen LogP contribution in [0.5, 0.6) is 0 Å². The first-order valence-corrected chi connectivity index (χ1v) is 4.35. The van der Waals surface area contributed by atoms with Crippen molar-refractivity contribution in [1.29, 1.82) is 0 Å². The van der Waals surface area contributed by atoms with Crippen LogP contribution in [0.4, 0.5) is 0 Å². The van der Waals surface area contributed by atoms with Gasteiger partial charge in [0.2, 0.25) is 0 Å². The van der Waals surface area contributed by atoms with Crippen molar-refractivity contribution in [3.63, 3.8) is 0 Å². The van der Waals surface area contributed by atoms with Crippen molar-refractivity contribution in [3.05, 3.63) is 12.7 Å². The summed E-state index contributed by atoms with van der Waals surface area (Å²) in [5.74, 6) is 0.724. The van der Waals surface area contributed by atoms with Crippen molar-refractivity contribution < 1.29 is 0 Å². The van der Waals surface area contributed by atoms with Gasteiger partial charge in [0.25, 0.3) is 0 Å². The Morgan fingerprint density at radius 1 is 1.60 bits per heavy atom. The van der Waals surface area contributed by atoms with Gasteiger partial charge in [-0.1, -0.05) is 26.3 Å². The second-order valence-electron chi connectivity index (χ2n) is 3.77. The van der Waals surface area contributed by atoms with Gasteiger partial charge in [0.1, 0.15) is 0 Å². The third-order valence-electron chi connectivity index (χ3n) is 2.86. The van der Waals surface area contributed by atoms with Gasteiger partial charge in [-0.3, -0.25) is 0 Å². The molecular formula is C10H18. The SMILES string of the molecule is C=CC(C)CC1(CC)CC1. The Bertz CT molecular complexity index is 120. The molecule has 1 saturated carbocycles. The summed E-state index contributed by atoms with van der Waals surface area (Å²) in [6.45, 7) is 8.38. The normalized spacial score (nSPS) is 23.8. The van der Waals surface area contributed by atoms with Gasteiger partial charge in [0.15, 0.2) is 0 Å². The lowest BCUT2D eigenvalue weighted by Gasteiger charge is -2.14. The highest BCUT2D eigenvalue weighted by Gasteiger charge is 2.40. The molecular weight excluding hydrogens is 120 g/mol. The average molecular weight is 138 g/mol. The molecule has 58 valence electrons. The Balaban J connectivity index is 2.30. The van der Waals surface area contributed by atoms with Crippen molar-refractivity contribution in [2.24, 2.45) is 11.3 Å². The van der Waals surface area contributed by atoms with Crippen molar-refractivity contribution in [1.82, 2.24) is 0 Å². The van der Waals surface area contributed by atoms with Crippen LogP contribution < -0.4 is 0 Å². The van der Waals surface area contributed by atoms with Crippen molar-refractivity contribution in [2.45, 2.75) is 39.5 Å². The highest BCUT2D eigenvalue weighted by molar-refractivity contribution is 4.95. The molecule has 10 heavy (non-hydrogen) atoms. The molecule has 0 heterocycles. The van der Waals surface area contributed by atoms with Crippen LogP contribution in [0.2, 0.25) is 0 Å². The summed E-state index contributed by atoms with van der Waals surface area (Å²) in [5.41, 5.74) is 0.744. The maximum atomic E-state index is 3.81. The number of hydrogen-bond donors (Lipinski definition) is 0. The van der Waals surface area contributed by atoms with Gasteiger partial charge in [-0.15, -0.1) is 6.58 Å². The van der Waals surface area contributed by atoms with Gasteiger partial charge in [0, 0.05) is 0 Å². The molecule has 0 spiro atoms. The predicted molar refractivity (Wildman–Crippen MR) is 45.9 cm³/mol. The van der Waals surface area contributed by atoms with E-state index < -0.39 is 0 Å². The first-order chi connectivity index (χ1) is 4.72. The smallest absolute Gasteiger partial charge is 0.0259 e. The van der Waals surface area contributed by atoms with E-state index in [0.717, 1.165) is 11.3 Å². The minimum atomic E-state index is 0.724. The molecule has 0 aliphatic heterocycles. The number of allylic oxidation sites excluding steroid dienone is 1. The van der Waals surface area contributed by atoms with Crippen LogP contribution in [0, 0.1) is 11.3 Å². The van der Waals surface area contributed by atoms with E-state index in [2.05, 4.69) is 26.5 Å². The molecule has 0 nitrogen and oxygen atoms in total. The van der Waals surface area contributed by atoms with Crippen molar-refractivity contribution in [2.75, 3.05) is 0 Å². The first-order valence-electron chi connectivity index (χ1n) is 4.35. The van der Waals surface area contributed by atoms with Gasteiger partial charge in [-0.2, -0.15) is 0 Å². The van der Waals surface area contributed by atoms with E-state index in [9.17, 15) is 0 Å². The maximum absolute atomic E-state index is 3.81. The zero-order chi connectivity index (χ0) is 7.61. The van der Waals surface area contributed by atoms with E-state index in [-0.39, 0.29) is 0 Å². The summed E-state index contributed by atoms with van der Waals surface area (Å²) in [6, 6.07) is 0. The molecule has 0 aromatic carbocycles. The second-order valence-corrected chi connectivity index (χ2v) is 3.77. The molecule has 1 aliphatic carbocycles. The largest absolute Gasteiger partial charge is 0.103 e. The molecule has 0 amide bonds. The summed E-state index contributed by atoms with van der Waals surface area (Å²) in [5, 5.41) is 0. The van der Waals surface area contributed by atoms with Crippen LogP contribution in [0.25, 0.3) is 0 Å². The lowest BCUT2D eigenvalue weighted by molar-refractivity contribution is 0.399. The zero-order valence-electron chi connectivity index (χ0n) is 7.19. The Labute approximate surface area is 64.3 Å². The van der Waals surface area contributed by atoms with Crippen LogP contribution >= 0.6 is 0 Å². The maximum Gasteiger partial charge on any atom is -0.0259 e. The van der Waals surface area contributed by atoms with Gasteiger partial charge in [0.05, 0.1) is 0 Å². The van der Waals surface area contributed by atoms with Crippen molar-refractivity contribution >= 4 is 0 Å². The zero-order valence-corrected chi connectivity index (χ0v) is 7.19. The summed E-state index contributed by atoms with van der Waals surface area (Å²) in [4.78, 5) is 0. The fraction of sp³-hybridized carbons (Fsp3) is 0.800. The van der Waals surface area contributed by atoms with Crippen LogP contribution in [-0.4, -0.2) is 0 Å². The Morgan fingerprint density at radius 2 is 2.20 bits per heavy atom. The molecule has 0 saturated heterocycles. The van der Waals surface area contributed by atoms with Gasteiger partial charge in [-0.25, -0.2) is 0 Å². The molecule has 0 aromatic heterocycles. The van der Waals surface area contributed by atoms with Gasteiger partial charge < -0.3 is 0 Å². The van der Waals surface area contributed by atoms with Gasteiger partial charge in [-0.05, 0) is 30.6 Å². The van der Waals surface area contributed by atoms with Crippen molar-refractivity contribution in [3.8, 4) is 0 Å². The highest BCUT2D eigenvalue weighted by Crippen LogP contribution is 2.53. The standard InChI is InChI=1S/C10H18/c1-4-9(3)8-10(5-2)6-7-10/h4,9H,1,5-8H2,2-3H3. The quantitative estimate of drug-likeness (QED) is 0.522. The molecule has 0 radical (unpaired) electrons. The lowest BCUT2D eigenvalue weighted by Crippen LogP contribution is -2.03. The fourth-order valence-electron chi connectivity index (χ4n) is 1.65.